The molecule has 0 fully saturated rings. The smallest absolute Gasteiger partial charge is 0.306 e. The monoisotopic (exact) mass is 667 g/mol. The van der Waals surface area contributed by atoms with Crippen LogP contribution >= 0.6 is 0 Å². The molecular weight excluding hydrogens is 588 g/mol. The summed E-state index contributed by atoms with van der Waals surface area (Å²) >= 11 is 0. The first-order chi connectivity index (χ1) is 23.0. The first kappa shape index (κ1) is 45.4. The van der Waals surface area contributed by atoms with Crippen LogP contribution in [-0.2, 0) is 28.6 Å². The molecular formula is C41H78O6. The minimum absolute atomic E-state index is 0.0646. The van der Waals surface area contributed by atoms with Crippen LogP contribution in [0.2, 0.25) is 0 Å². The fraction of sp³-hybridized carbons (Fsp3) is 0.927. The molecule has 278 valence electrons. The van der Waals surface area contributed by atoms with Crippen molar-refractivity contribution in [1.82, 2.24) is 0 Å². The van der Waals surface area contributed by atoms with Crippen LogP contribution < -0.4 is 0 Å². The molecule has 0 unspecified atom stereocenters. The molecule has 1 atom stereocenters. The lowest BCUT2D eigenvalue weighted by molar-refractivity contribution is -0.167. The van der Waals surface area contributed by atoms with Crippen LogP contribution in [0, 0.1) is 0 Å². The summed E-state index contributed by atoms with van der Waals surface area (Å²) < 4.78 is 16.5. The lowest BCUT2D eigenvalue weighted by Crippen LogP contribution is -2.30. The maximum absolute atomic E-state index is 12.6. The van der Waals surface area contributed by atoms with Gasteiger partial charge >= 0.3 is 17.9 Å². The van der Waals surface area contributed by atoms with Crippen molar-refractivity contribution in [2.45, 2.75) is 232 Å². The first-order valence-corrected chi connectivity index (χ1v) is 20.5. The average Bonchev–Trinajstić information content (AvgIpc) is 3.06. The zero-order valence-electron chi connectivity index (χ0n) is 31.6. The van der Waals surface area contributed by atoms with Gasteiger partial charge in [0, 0.05) is 19.3 Å². The van der Waals surface area contributed by atoms with Crippen LogP contribution in [0.3, 0.4) is 0 Å². The molecule has 0 spiro atoms. The van der Waals surface area contributed by atoms with Crippen molar-refractivity contribution >= 4 is 17.9 Å². The predicted molar refractivity (Wildman–Crippen MR) is 197 cm³/mol. The highest BCUT2D eigenvalue weighted by Crippen LogP contribution is 2.15. The van der Waals surface area contributed by atoms with Gasteiger partial charge in [0.05, 0.1) is 0 Å². The third-order valence-corrected chi connectivity index (χ3v) is 9.11. The number of ether oxygens (including phenoxy) is 3. The largest absolute Gasteiger partial charge is 0.462 e. The molecule has 0 aliphatic rings. The molecule has 6 nitrogen and oxygen atoms in total. The number of hydrogen-bond donors (Lipinski definition) is 0. The van der Waals surface area contributed by atoms with Gasteiger partial charge in [-0.15, -0.1) is 0 Å². The maximum Gasteiger partial charge on any atom is 0.306 e. The molecule has 0 bridgehead atoms. The Hall–Kier alpha value is -1.59. The van der Waals surface area contributed by atoms with Crippen LogP contribution in [0.1, 0.15) is 226 Å². The van der Waals surface area contributed by atoms with E-state index < -0.39 is 6.10 Å². The molecule has 0 saturated carbocycles. The van der Waals surface area contributed by atoms with E-state index in [1.165, 1.54) is 122 Å². The van der Waals surface area contributed by atoms with Gasteiger partial charge in [-0.1, -0.05) is 188 Å². The molecule has 0 aliphatic heterocycles. The van der Waals surface area contributed by atoms with Crippen LogP contribution in [0.5, 0.6) is 0 Å². The topological polar surface area (TPSA) is 78.9 Å². The third kappa shape index (κ3) is 35.5. The van der Waals surface area contributed by atoms with E-state index in [1.807, 2.05) is 0 Å². The predicted octanol–water partition coefficient (Wildman–Crippen LogP) is 12.5. The van der Waals surface area contributed by atoms with Gasteiger partial charge in [0.2, 0.25) is 0 Å². The van der Waals surface area contributed by atoms with Gasteiger partial charge < -0.3 is 14.2 Å². The van der Waals surface area contributed by atoms with Crippen molar-refractivity contribution in [3.05, 3.63) is 0 Å². The summed E-state index contributed by atoms with van der Waals surface area (Å²) in [5, 5.41) is 0. The number of carbonyl (C=O) groups excluding carboxylic acids is 3. The molecule has 0 aromatic heterocycles. The summed E-state index contributed by atoms with van der Waals surface area (Å²) in [5.41, 5.74) is 0. The van der Waals surface area contributed by atoms with E-state index >= 15 is 0 Å². The third-order valence-electron chi connectivity index (χ3n) is 9.11. The molecule has 47 heavy (non-hydrogen) atoms. The van der Waals surface area contributed by atoms with Crippen molar-refractivity contribution < 1.29 is 28.6 Å². The second-order valence-corrected chi connectivity index (χ2v) is 13.9. The summed E-state index contributed by atoms with van der Waals surface area (Å²) in [7, 11) is 0. The lowest BCUT2D eigenvalue weighted by Gasteiger charge is -2.18. The highest BCUT2D eigenvalue weighted by atomic mass is 16.6. The van der Waals surface area contributed by atoms with Gasteiger partial charge in [-0.3, -0.25) is 14.4 Å². The van der Waals surface area contributed by atoms with Gasteiger partial charge in [0.1, 0.15) is 13.2 Å². The number of unbranched alkanes of at least 4 members (excludes halogenated alkanes) is 26. The van der Waals surface area contributed by atoms with Crippen molar-refractivity contribution in [2.24, 2.45) is 0 Å². The number of hydrogen-bond acceptors (Lipinski definition) is 6. The zero-order chi connectivity index (χ0) is 34.5. The Morgan fingerprint density at radius 1 is 0.340 bits per heavy atom. The van der Waals surface area contributed by atoms with E-state index in [4.69, 9.17) is 14.2 Å². The Balaban J connectivity index is 4.22. The minimum atomic E-state index is -0.755. The van der Waals surface area contributed by atoms with E-state index in [9.17, 15) is 14.4 Å². The Morgan fingerprint density at radius 3 is 0.851 bits per heavy atom. The molecule has 0 heterocycles. The van der Waals surface area contributed by atoms with Crippen molar-refractivity contribution in [2.75, 3.05) is 13.2 Å². The van der Waals surface area contributed by atoms with Crippen LogP contribution in [-0.4, -0.2) is 37.2 Å². The lowest BCUT2D eigenvalue weighted by atomic mass is 10.0. The fourth-order valence-electron chi connectivity index (χ4n) is 5.97. The fourth-order valence-corrected chi connectivity index (χ4v) is 5.97. The summed E-state index contributed by atoms with van der Waals surface area (Å²) in [4.78, 5) is 37.3. The van der Waals surface area contributed by atoms with Gasteiger partial charge in [-0.25, -0.2) is 0 Å². The van der Waals surface area contributed by atoms with E-state index in [1.54, 1.807) is 0 Å². The molecule has 0 aromatic rings. The molecule has 0 radical (unpaired) electrons. The minimum Gasteiger partial charge on any atom is -0.462 e. The SMILES string of the molecule is CCCCCCCCCCCCCCCCC(=O)O[C@@H](COC(=O)CCCCCCC)COC(=O)CCCCCCCCCCCC. The molecule has 0 aliphatic carbocycles. The quantitative estimate of drug-likeness (QED) is 0.0373. The van der Waals surface area contributed by atoms with Crippen molar-refractivity contribution in [3.63, 3.8) is 0 Å². The molecule has 0 N–H and O–H groups in total. The van der Waals surface area contributed by atoms with E-state index in [0.29, 0.717) is 19.3 Å². The van der Waals surface area contributed by atoms with Crippen LogP contribution in [0.25, 0.3) is 0 Å². The van der Waals surface area contributed by atoms with Gasteiger partial charge in [-0.05, 0) is 19.3 Å². The van der Waals surface area contributed by atoms with E-state index in [0.717, 1.165) is 64.2 Å². The summed E-state index contributed by atoms with van der Waals surface area (Å²) in [6.07, 6.45) is 35.4. The molecule has 6 heteroatoms. The molecule has 0 amide bonds. The summed E-state index contributed by atoms with van der Waals surface area (Å²) in [6, 6.07) is 0. The molecule has 0 aromatic carbocycles. The normalized spacial score (nSPS) is 11.8. The summed E-state index contributed by atoms with van der Waals surface area (Å²) in [5.74, 6) is -0.874. The zero-order valence-corrected chi connectivity index (χ0v) is 31.6. The van der Waals surface area contributed by atoms with Gasteiger partial charge in [-0.2, -0.15) is 0 Å². The van der Waals surface area contributed by atoms with Gasteiger partial charge in [0.15, 0.2) is 6.10 Å². The van der Waals surface area contributed by atoms with Crippen molar-refractivity contribution in [3.8, 4) is 0 Å². The molecule has 0 rings (SSSR count). The van der Waals surface area contributed by atoms with E-state index in [-0.39, 0.29) is 31.1 Å². The Morgan fingerprint density at radius 2 is 0.574 bits per heavy atom. The highest BCUT2D eigenvalue weighted by molar-refractivity contribution is 5.71. The standard InChI is InChI=1S/C41H78O6/c1-4-7-10-13-15-17-19-20-21-22-24-26-29-32-35-41(44)47-38(36-45-39(42)33-30-27-12-9-6-3)37-46-40(43)34-31-28-25-23-18-16-14-11-8-5-2/h38H,4-37H2,1-3H3/t38-/m0/s1. The number of rotatable bonds is 37. The van der Waals surface area contributed by atoms with Crippen LogP contribution in [0.15, 0.2) is 0 Å². The maximum atomic E-state index is 12.6. The second kappa shape index (κ2) is 37.2. The number of esters is 3. The Kier molecular flexibility index (Phi) is 36.0. The van der Waals surface area contributed by atoms with Crippen molar-refractivity contribution in [1.29, 1.82) is 0 Å². The summed E-state index contributed by atoms with van der Waals surface area (Å²) in [6.45, 7) is 6.54. The second-order valence-electron chi connectivity index (χ2n) is 13.9. The number of carbonyl (C=O) groups is 3. The van der Waals surface area contributed by atoms with E-state index in [2.05, 4.69) is 20.8 Å². The molecule has 0 saturated heterocycles. The highest BCUT2D eigenvalue weighted by Gasteiger charge is 2.19. The Bertz CT molecular complexity index is 693. The Labute approximate surface area is 291 Å². The first-order valence-electron chi connectivity index (χ1n) is 20.5. The van der Waals surface area contributed by atoms with Crippen LogP contribution in [0.4, 0.5) is 0 Å². The van der Waals surface area contributed by atoms with Gasteiger partial charge in [0.25, 0.3) is 0 Å². The average molecular weight is 667 g/mol.